The van der Waals surface area contributed by atoms with Gasteiger partial charge >= 0.3 is 0 Å². The van der Waals surface area contributed by atoms with Crippen molar-refractivity contribution in [3.8, 4) is 0 Å². The molecule has 2 saturated heterocycles. The van der Waals surface area contributed by atoms with Crippen LogP contribution in [0.3, 0.4) is 0 Å². The Morgan fingerprint density at radius 1 is 1.24 bits per heavy atom. The van der Waals surface area contributed by atoms with Crippen molar-refractivity contribution >= 4 is 0 Å². The maximum atomic E-state index is 3.50. The zero-order valence-electron chi connectivity index (χ0n) is 11.8. The number of rotatable bonds is 3. The molecule has 1 atom stereocenters. The molecule has 2 heterocycles. The van der Waals surface area contributed by atoms with Gasteiger partial charge in [-0.3, -0.25) is 4.90 Å². The van der Waals surface area contributed by atoms with Crippen molar-refractivity contribution in [2.75, 3.05) is 46.3 Å². The number of piperidine rings is 1. The van der Waals surface area contributed by atoms with E-state index in [2.05, 4.69) is 36.0 Å². The third-order valence-electron chi connectivity index (χ3n) is 4.92. The predicted molar refractivity (Wildman–Crippen MR) is 73.4 cm³/mol. The lowest BCUT2D eigenvalue weighted by Gasteiger charge is -2.46. The van der Waals surface area contributed by atoms with Crippen molar-refractivity contribution in [2.45, 2.75) is 39.2 Å². The Morgan fingerprint density at radius 3 is 2.53 bits per heavy atom. The molecule has 3 nitrogen and oxygen atoms in total. The average Bonchev–Trinajstić information content (AvgIpc) is 2.34. The first-order valence-corrected chi connectivity index (χ1v) is 7.28. The summed E-state index contributed by atoms with van der Waals surface area (Å²) >= 11 is 0. The number of nitrogens with zero attached hydrogens (tertiary/aromatic N) is 2. The van der Waals surface area contributed by atoms with Crippen molar-refractivity contribution in [1.29, 1.82) is 0 Å². The molecule has 0 bridgehead atoms. The first-order chi connectivity index (χ1) is 8.15. The minimum atomic E-state index is 0.593. The monoisotopic (exact) mass is 239 g/mol. The summed E-state index contributed by atoms with van der Waals surface area (Å²) in [5.41, 5.74) is 0.593. The fourth-order valence-electron chi connectivity index (χ4n) is 3.42. The van der Waals surface area contributed by atoms with Gasteiger partial charge in [-0.25, -0.2) is 0 Å². The maximum absolute atomic E-state index is 3.50. The van der Waals surface area contributed by atoms with Gasteiger partial charge in [0.1, 0.15) is 0 Å². The lowest BCUT2D eigenvalue weighted by atomic mass is 9.76. The molecule has 2 aliphatic rings. The highest BCUT2D eigenvalue weighted by Crippen LogP contribution is 2.34. The molecule has 0 spiro atoms. The normalized spacial score (nSPS) is 31.6. The molecule has 17 heavy (non-hydrogen) atoms. The summed E-state index contributed by atoms with van der Waals surface area (Å²) in [5.74, 6) is 0. The molecule has 2 aliphatic heterocycles. The van der Waals surface area contributed by atoms with Crippen LogP contribution in [0.1, 0.15) is 33.1 Å². The van der Waals surface area contributed by atoms with Gasteiger partial charge in [0.2, 0.25) is 0 Å². The molecular weight excluding hydrogens is 210 g/mol. The van der Waals surface area contributed by atoms with Crippen molar-refractivity contribution in [2.24, 2.45) is 5.41 Å². The molecule has 0 saturated carbocycles. The molecular formula is C14H29N3. The van der Waals surface area contributed by atoms with Gasteiger partial charge in [0.15, 0.2) is 0 Å². The Balaban J connectivity index is 1.93. The molecule has 1 unspecified atom stereocenters. The molecule has 2 fully saturated rings. The second-order valence-corrected chi connectivity index (χ2v) is 6.19. The summed E-state index contributed by atoms with van der Waals surface area (Å²) in [6, 6.07) is 0.729. The van der Waals surface area contributed by atoms with E-state index in [0.717, 1.165) is 6.04 Å². The second kappa shape index (κ2) is 5.68. The van der Waals surface area contributed by atoms with Crippen LogP contribution >= 0.6 is 0 Å². The van der Waals surface area contributed by atoms with Gasteiger partial charge in [0.25, 0.3) is 0 Å². The highest BCUT2D eigenvalue weighted by Gasteiger charge is 2.34. The number of piperazine rings is 1. The summed E-state index contributed by atoms with van der Waals surface area (Å²) in [4.78, 5) is 5.19. The first kappa shape index (κ1) is 13.3. The highest BCUT2D eigenvalue weighted by molar-refractivity contribution is 4.89. The molecule has 2 rings (SSSR count). The molecule has 3 heteroatoms. The van der Waals surface area contributed by atoms with E-state index in [1.54, 1.807) is 0 Å². The van der Waals surface area contributed by atoms with Crippen LogP contribution in [0.2, 0.25) is 0 Å². The van der Waals surface area contributed by atoms with E-state index in [1.165, 1.54) is 58.5 Å². The minimum absolute atomic E-state index is 0.593. The first-order valence-electron chi connectivity index (χ1n) is 7.28. The van der Waals surface area contributed by atoms with Crippen molar-refractivity contribution in [3.05, 3.63) is 0 Å². The van der Waals surface area contributed by atoms with Gasteiger partial charge in [-0.05, 0) is 51.7 Å². The highest BCUT2D eigenvalue weighted by atomic mass is 15.3. The predicted octanol–water partition coefficient (Wildman–Crippen LogP) is 1.40. The standard InChI is InChI=1S/C14H29N3/c1-4-14(5-7-15-8-6-14)12-17-10-9-16(3)11-13(17)2/h13,15H,4-12H2,1-3H3. The van der Waals surface area contributed by atoms with E-state index < -0.39 is 0 Å². The van der Waals surface area contributed by atoms with Crippen LogP contribution in [-0.2, 0) is 0 Å². The number of hydrogen-bond donors (Lipinski definition) is 1. The van der Waals surface area contributed by atoms with Gasteiger partial charge in [-0.1, -0.05) is 6.92 Å². The quantitative estimate of drug-likeness (QED) is 0.803. The van der Waals surface area contributed by atoms with Gasteiger partial charge in [-0.15, -0.1) is 0 Å². The Morgan fingerprint density at radius 2 is 1.94 bits per heavy atom. The van der Waals surface area contributed by atoms with Gasteiger partial charge < -0.3 is 10.2 Å². The average molecular weight is 239 g/mol. The van der Waals surface area contributed by atoms with E-state index in [-0.39, 0.29) is 0 Å². The number of nitrogens with one attached hydrogen (secondary N) is 1. The summed E-state index contributed by atoms with van der Waals surface area (Å²) in [7, 11) is 2.24. The Labute approximate surface area is 107 Å². The minimum Gasteiger partial charge on any atom is -0.317 e. The summed E-state index contributed by atoms with van der Waals surface area (Å²) in [5, 5.41) is 3.50. The van der Waals surface area contributed by atoms with E-state index >= 15 is 0 Å². The van der Waals surface area contributed by atoms with Crippen LogP contribution in [0, 0.1) is 5.41 Å². The smallest absolute Gasteiger partial charge is 0.0195 e. The van der Waals surface area contributed by atoms with Gasteiger partial charge in [-0.2, -0.15) is 0 Å². The van der Waals surface area contributed by atoms with Gasteiger partial charge in [0.05, 0.1) is 0 Å². The third-order valence-corrected chi connectivity index (χ3v) is 4.92. The topological polar surface area (TPSA) is 18.5 Å². The van der Waals surface area contributed by atoms with E-state index in [1.807, 2.05) is 0 Å². The van der Waals surface area contributed by atoms with Crippen molar-refractivity contribution in [1.82, 2.24) is 15.1 Å². The Kier molecular flexibility index (Phi) is 4.45. The molecule has 100 valence electrons. The molecule has 0 amide bonds. The SMILES string of the molecule is CCC1(CN2CCN(C)CC2C)CCNCC1. The lowest BCUT2D eigenvalue weighted by molar-refractivity contribution is 0.0379. The van der Waals surface area contributed by atoms with Crippen LogP contribution in [0.5, 0.6) is 0 Å². The maximum Gasteiger partial charge on any atom is 0.0195 e. The number of hydrogen-bond acceptors (Lipinski definition) is 3. The third kappa shape index (κ3) is 3.21. The zero-order chi connectivity index (χ0) is 12.3. The molecule has 0 aliphatic carbocycles. The van der Waals surface area contributed by atoms with Crippen LogP contribution < -0.4 is 5.32 Å². The summed E-state index contributed by atoms with van der Waals surface area (Å²) < 4.78 is 0. The lowest BCUT2D eigenvalue weighted by Crippen LogP contribution is -2.54. The molecule has 0 aromatic carbocycles. The van der Waals surface area contributed by atoms with Crippen molar-refractivity contribution < 1.29 is 0 Å². The van der Waals surface area contributed by atoms with Crippen LogP contribution in [0.4, 0.5) is 0 Å². The summed E-state index contributed by atoms with van der Waals surface area (Å²) in [6.07, 6.45) is 4.07. The Hall–Kier alpha value is -0.120. The fourth-order valence-corrected chi connectivity index (χ4v) is 3.42. The van der Waals surface area contributed by atoms with Crippen LogP contribution in [0.15, 0.2) is 0 Å². The van der Waals surface area contributed by atoms with Gasteiger partial charge in [0, 0.05) is 32.2 Å². The van der Waals surface area contributed by atoms with E-state index in [4.69, 9.17) is 0 Å². The van der Waals surface area contributed by atoms with Crippen molar-refractivity contribution in [3.63, 3.8) is 0 Å². The van der Waals surface area contributed by atoms with E-state index in [9.17, 15) is 0 Å². The largest absolute Gasteiger partial charge is 0.317 e. The molecule has 0 aromatic heterocycles. The molecule has 1 N–H and O–H groups in total. The molecule has 0 radical (unpaired) electrons. The second-order valence-electron chi connectivity index (χ2n) is 6.19. The zero-order valence-corrected chi connectivity index (χ0v) is 11.8. The Bertz CT molecular complexity index is 236. The fraction of sp³-hybridized carbons (Fsp3) is 1.00. The molecule has 0 aromatic rings. The van der Waals surface area contributed by atoms with E-state index in [0.29, 0.717) is 5.41 Å². The number of likely N-dealkylation sites (N-methyl/N-ethyl adjacent to an activating group) is 1. The van der Waals surface area contributed by atoms with Crippen LogP contribution in [-0.4, -0.2) is 62.2 Å². The summed E-state index contributed by atoms with van der Waals surface area (Å²) in [6.45, 7) is 12.3. The van der Waals surface area contributed by atoms with Crippen LogP contribution in [0.25, 0.3) is 0 Å².